The van der Waals surface area contributed by atoms with Gasteiger partial charge in [0.2, 0.25) is 0 Å². The van der Waals surface area contributed by atoms with E-state index in [-0.39, 0.29) is 26.7 Å². The standard InChI is InChI=1S/C19H18FNO2Se/c1-14(19(22)23-10-5-11-24-13-21)16-8-9-17(18(20)12-16)15-6-3-2-4-7-15/h2-4,6-9,12,14H,5,10-11H2,1H3. The summed E-state index contributed by atoms with van der Waals surface area (Å²) in [5.74, 6) is -1.24. The Kier molecular flexibility index (Phi) is 6.99. The van der Waals surface area contributed by atoms with Gasteiger partial charge in [0.25, 0.3) is 0 Å². The van der Waals surface area contributed by atoms with Crippen molar-refractivity contribution < 1.29 is 13.9 Å². The van der Waals surface area contributed by atoms with Crippen molar-refractivity contribution in [1.29, 1.82) is 5.26 Å². The summed E-state index contributed by atoms with van der Waals surface area (Å²) in [6.07, 6.45) is 0.688. The number of carbonyl (C=O) groups excluding carboxylic acids is 1. The van der Waals surface area contributed by atoms with Gasteiger partial charge in [0.15, 0.2) is 0 Å². The van der Waals surface area contributed by atoms with Crippen molar-refractivity contribution in [2.75, 3.05) is 6.61 Å². The third-order valence-corrected chi connectivity index (χ3v) is 4.94. The van der Waals surface area contributed by atoms with Crippen molar-refractivity contribution in [3.8, 4) is 16.1 Å². The predicted octanol–water partition coefficient (Wildman–Crippen LogP) is 4.13. The summed E-state index contributed by atoms with van der Waals surface area (Å²) >= 11 is -0.0472. The monoisotopic (exact) mass is 391 g/mol. The first-order valence-electron chi connectivity index (χ1n) is 7.66. The van der Waals surface area contributed by atoms with Gasteiger partial charge in [0, 0.05) is 0 Å². The third-order valence-electron chi connectivity index (χ3n) is 3.63. The molecule has 1 atom stereocenters. The van der Waals surface area contributed by atoms with Crippen molar-refractivity contribution in [2.45, 2.75) is 24.6 Å². The van der Waals surface area contributed by atoms with E-state index in [4.69, 9.17) is 10.00 Å². The Labute approximate surface area is 147 Å². The van der Waals surface area contributed by atoms with Crippen LogP contribution >= 0.6 is 0 Å². The number of hydrogen-bond donors (Lipinski definition) is 0. The molecule has 0 heterocycles. The van der Waals surface area contributed by atoms with E-state index in [1.807, 2.05) is 30.3 Å². The fraction of sp³-hybridized carbons (Fsp3) is 0.263. The summed E-state index contributed by atoms with van der Waals surface area (Å²) in [6.45, 7) is 2.01. The zero-order valence-corrected chi connectivity index (χ0v) is 15.1. The number of nitriles is 1. The number of ether oxygens (including phenoxy) is 1. The maximum atomic E-state index is 14.4. The molecule has 0 spiro atoms. The van der Waals surface area contributed by atoms with Gasteiger partial charge in [-0.15, -0.1) is 0 Å². The van der Waals surface area contributed by atoms with Crippen LogP contribution in [0.25, 0.3) is 11.1 Å². The molecule has 0 saturated carbocycles. The van der Waals surface area contributed by atoms with Gasteiger partial charge in [-0.3, -0.25) is 0 Å². The molecule has 1 unspecified atom stereocenters. The van der Waals surface area contributed by atoms with Crippen LogP contribution in [0.15, 0.2) is 48.5 Å². The van der Waals surface area contributed by atoms with Crippen LogP contribution in [-0.2, 0) is 9.53 Å². The van der Waals surface area contributed by atoms with Crippen LogP contribution in [0.3, 0.4) is 0 Å². The van der Waals surface area contributed by atoms with Crippen LogP contribution in [-0.4, -0.2) is 27.5 Å². The first-order valence-corrected chi connectivity index (χ1v) is 9.72. The molecular formula is C19H18FNO2Se. The number of benzene rings is 2. The Morgan fingerprint density at radius 1 is 1.29 bits per heavy atom. The van der Waals surface area contributed by atoms with Gasteiger partial charge in [0.05, 0.1) is 0 Å². The Bertz CT molecular complexity index is 728. The molecule has 0 amide bonds. The van der Waals surface area contributed by atoms with E-state index in [1.54, 1.807) is 19.1 Å². The Balaban J connectivity index is 2.00. The van der Waals surface area contributed by atoms with Gasteiger partial charge >= 0.3 is 129 Å². The van der Waals surface area contributed by atoms with Crippen LogP contribution in [0, 0.1) is 16.0 Å². The second kappa shape index (κ2) is 9.22. The molecule has 2 aromatic carbocycles. The molecule has 0 aliphatic rings. The van der Waals surface area contributed by atoms with E-state index in [2.05, 4.69) is 4.97 Å². The molecule has 0 aliphatic carbocycles. The zero-order chi connectivity index (χ0) is 17.4. The molecule has 5 heteroatoms. The molecule has 0 aliphatic heterocycles. The molecule has 0 aromatic heterocycles. The second-order valence-electron chi connectivity index (χ2n) is 5.29. The average Bonchev–Trinajstić information content (AvgIpc) is 2.61. The van der Waals surface area contributed by atoms with Gasteiger partial charge < -0.3 is 0 Å². The Morgan fingerprint density at radius 2 is 2.04 bits per heavy atom. The minimum atomic E-state index is -0.522. The van der Waals surface area contributed by atoms with Crippen molar-refractivity contribution >= 4 is 20.9 Å². The second-order valence-corrected chi connectivity index (χ2v) is 7.13. The first-order chi connectivity index (χ1) is 11.6. The van der Waals surface area contributed by atoms with Gasteiger partial charge in [0.1, 0.15) is 0 Å². The number of esters is 1. The van der Waals surface area contributed by atoms with Gasteiger partial charge in [-0.05, 0) is 0 Å². The normalized spacial score (nSPS) is 11.5. The van der Waals surface area contributed by atoms with Gasteiger partial charge in [-0.2, -0.15) is 0 Å². The van der Waals surface area contributed by atoms with E-state index in [0.717, 1.165) is 10.9 Å². The van der Waals surface area contributed by atoms with Crippen LogP contribution in [0.4, 0.5) is 4.39 Å². The number of nitrogens with zero attached hydrogens (tertiary/aromatic N) is 1. The zero-order valence-electron chi connectivity index (χ0n) is 13.4. The van der Waals surface area contributed by atoms with Crippen LogP contribution in [0.5, 0.6) is 0 Å². The molecule has 0 saturated heterocycles. The third kappa shape index (κ3) is 4.92. The molecule has 2 aromatic rings. The molecule has 124 valence electrons. The molecule has 2 rings (SSSR count). The number of hydrogen-bond acceptors (Lipinski definition) is 3. The molecule has 0 N–H and O–H groups in total. The van der Waals surface area contributed by atoms with Crippen LogP contribution in [0.2, 0.25) is 5.32 Å². The topological polar surface area (TPSA) is 50.1 Å². The van der Waals surface area contributed by atoms with Crippen molar-refractivity contribution in [1.82, 2.24) is 0 Å². The fourth-order valence-corrected chi connectivity index (χ4v) is 3.00. The predicted molar refractivity (Wildman–Crippen MR) is 92.0 cm³/mol. The summed E-state index contributed by atoms with van der Waals surface area (Å²) < 4.78 is 19.6. The molecule has 0 radical (unpaired) electrons. The molecule has 0 fully saturated rings. The van der Waals surface area contributed by atoms with E-state index in [9.17, 15) is 9.18 Å². The van der Waals surface area contributed by atoms with E-state index < -0.39 is 5.92 Å². The number of halogens is 1. The van der Waals surface area contributed by atoms with E-state index in [0.29, 0.717) is 24.2 Å². The summed E-state index contributed by atoms with van der Waals surface area (Å²) in [7, 11) is 0. The first kappa shape index (κ1) is 18.2. The quantitative estimate of drug-likeness (QED) is 0.406. The number of carbonyl (C=O) groups is 1. The fourth-order valence-electron chi connectivity index (χ4n) is 2.26. The van der Waals surface area contributed by atoms with Crippen molar-refractivity contribution in [3.05, 3.63) is 59.9 Å². The SMILES string of the molecule is CC(C(=O)OCCC[Se]C#N)c1ccc(-c2ccccc2)c(F)c1. The van der Waals surface area contributed by atoms with Crippen LogP contribution < -0.4 is 0 Å². The summed E-state index contributed by atoms with van der Waals surface area (Å²) in [5.41, 5.74) is 1.91. The molecule has 0 bridgehead atoms. The Morgan fingerprint density at radius 3 is 2.71 bits per heavy atom. The average molecular weight is 390 g/mol. The molecule has 3 nitrogen and oxygen atoms in total. The minimum absolute atomic E-state index is 0.0472. The summed E-state index contributed by atoms with van der Waals surface area (Å²) in [4.78, 5) is 14.1. The summed E-state index contributed by atoms with van der Waals surface area (Å²) in [6, 6.07) is 14.1. The maximum absolute atomic E-state index is 14.4. The molecular weight excluding hydrogens is 372 g/mol. The van der Waals surface area contributed by atoms with Crippen LogP contribution in [0.1, 0.15) is 24.8 Å². The Hall–Kier alpha value is -2.15. The van der Waals surface area contributed by atoms with Gasteiger partial charge in [-0.25, -0.2) is 0 Å². The van der Waals surface area contributed by atoms with Gasteiger partial charge in [-0.1, -0.05) is 18.2 Å². The van der Waals surface area contributed by atoms with Crippen molar-refractivity contribution in [3.63, 3.8) is 0 Å². The van der Waals surface area contributed by atoms with Crippen molar-refractivity contribution in [2.24, 2.45) is 0 Å². The number of rotatable bonds is 7. The molecule has 24 heavy (non-hydrogen) atoms. The summed E-state index contributed by atoms with van der Waals surface area (Å²) in [5, 5.41) is 9.25. The van der Waals surface area contributed by atoms with E-state index in [1.165, 1.54) is 6.07 Å². The van der Waals surface area contributed by atoms with E-state index >= 15 is 0 Å².